The Hall–Kier alpha value is -1.72. The molecule has 3 nitrogen and oxygen atoms in total. The summed E-state index contributed by atoms with van der Waals surface area (Å²) in [7, 11) is 0. The zero-order valence-electron chi connectivity index (χ0n) is 11.2. The molecule has 1 aromatic carbocycles. The van der Waals surface area contributed by atoms with Crippen LogP contribution in [0.1, 0.15) is 42.5 Å². The molecule has 0 fully saturated rings. The van der Waals surface area contributed by atoms with E-state index in [1.807, 2.05) is 18.2 Å². The lowest BCUT2D eigenvalue weighted by Crippen LogP contribution is -2.44. The van der Waals surface area contributed by atoms with E-state index in [1.54, 1.807) is 6.92 Å². The number of carbonyl (C=O) groups excluding carboxylic acids is 1. The van der Waals surface area contributed by atoms with Crippen molar-refractivity contribution in [1.29, 1.82) is 0 Å². The molecule has 0 bridgehead atoms. The Kier molecular flexibility index (Phi) is 4.20. The van der Waals surface area contributed by atoms with Crippen molar-refractivity contribution in [1.82, 2.24) is 10.6 Å². The molecule has 0 aliphatic heterocycles. The number of hydrogen-bond donors (Lipinski definition) is 2. The monoisotopic (exact) mass is 286 g/mol. The number of alkyl halides is 3. The molecule has 110 valence electrons. The van der Waals surface area contributed by atoms with Crippen molar-refractivity contribution >= 4 is 6.03 Å². The molecule has 0 spiro atoms. The summed E-state index contributed by atoms with van der Waals surface area (Å²) in [5.74, 6) is 0. The van der Waals surface area contributed by atoms with Gasteiger partial charge < -0.3 is 5.32 Å². The van der Waals surface area contributed by atoms with Gasteiger partial charge in [0.05, 0.1) is 6.04 Å². The van der Waals surface area contributed by atoms with Gasteiger partial charge in [-0.05, 0) is 49.3 Å². The van der Waals surface area contributed by atoms with Crippen LogP contribution in [0.25, 0.3) is 0 Å². The summed E-state index contributed by atoms with van der Waals surface area (Å²) in [6.45, 7) is 1.67. The largest absolute Gasteiger partial charge is 0.485 e. The zero-order valence-corrected chi connectivity index (χ0v) is 11.2. The van der Waals surface area contributed by atoms with E-state index in [2.05, 4.69) is 5.32 Å². The van der Waals surface area contributed by atoms with Gasteiger partial charge in [-0.2, -0.15) is 13.2 Å². The van der Waals surface area contributed by atoms with E-state index < -0.39 is 18.4 Å². The van der Waals surface area contributed by atoms with E-state index in [4.69, 9.17) is 0 Å². The van der Waals surface area contributed by atoms with Crippen LogP contribution in [-0.4, -0.2) is 12.3 Å². The smallest absolute Gasteiger partial charge is 0.331 e. The first-order chi connectivity index (χ1) is 9.35. The second-order valence-electron chi connectivity index (χ2n) is 5.05. The van der Waals surface area contributed by atoms with Gasteiger partial charge in [-0.25, -0.2) is 10.1 Å². The van der Waals surface area contributed by atoms with Crippen LogP contribution in [-0.2, 0) is 12.8 Å². The number of carbonyl (C=O) groups is 1. The summed E-state index contributed by atoms with van der Waals surface area (Å²) < 4.78 is 36.0. The van der Waals surface area contributed by atoms with Crippen molar-refractivity contribution in [3.63, 3.8) is 0 Å². The Labute approximate surface area is 115 Å². The normalized spacial score (nSPS) is 16.2. The molecule has 1 unspecified atom stereocenters. The molecule has 0 aromatic heterocycles. The van der Waals surface area contributed by atoms with Gasteiger partial charge in [-0.3, -0.25) is 0 Å². The zero-order chi connectivity index (χ0) is 14.8. The van der Waals surface area contributed by atoms with E-state index in [1.165, 1.54) is 17.5 Å². The Morgan fingerprint density at radius 3 is 2.50 bits per heavy atom. The topological polar surface area (TPSA) is 41.1 Å². The minimum Gasteiger partial charge on any atom is -0.331 e. The number of fused-ring (bicyclic) bond motifs is 1. The lowest BCUT2D eigenvalue weighted by molar-refractivity contribution is -0.145. The van der Waals surface area contributed by atoms with Crippen molar-refractivity contribution in [2.75, 3.05) is 0 Å². The maximum atomic E-state index is 12.0. The third kappa shape index (κ3) is 3.88. The average Bonchev–Trinajstić information content (AvgIpc) is 2.35. The molecule has 2 amide bonds. The second-order valence-corrected chi connectivity index (χ2v) is 5.05. The van der Waals surface area contributed by atoms with Gasteiger partial charge >= 0.3 is 12.3 Å². The van der Waals surface area contributed by atoms with Crippen LogP contribution in [0, 0.1) is 0 Å². The highest BCUT2D eigenvalue weighted by Gasteiger charge is 2.30. The van der Waals surface area contributed by atoms with E-state index in [0.29, 0.717) is 0 Å². The van der Waals surface area contributed by atoms with Gasteiger partial charge in [0.1, 0.15) is 0 Å². The average molecular weight is 286 g/mol. The Balaban J connectivity index is 2.02. The molecule has 0 heterocycles. The van der Waals surface area contributed by atoms with Crippen LogP contribution in [0.15, 0.2) is 18.2 Å². The molecular weight excluding hydrogens is 269 g/mol. The standard InChI is InChI=1S/C14H17F3N2O/c1-9(18-13(20)19-14(15,16)17)11-7-6-10-4-2-3-5-12(10)8-11/h6-9H,2-5H2,1H3,(H2,18,19,20). The highest BCUT2D eigenvalue weighted by molar-refractivity contribution is 5.74. The molecule has 2 rings (SSSR count). The van der Waals surface area contributed by atoms with Crippen molar-refractivity contribution < 1.29 is 18.0 Å². The van der Waals surface area contributed by atoms with Crippen LogP contribution in [0.5, 0.6) is 0 Å². The third-order valence-electron chi connectivity index (χ3n) is 3.48. The fourth-order valence-electron chi connectivity index (χ4n) is 2.47. The van der Waals surface area contributed by atoms with Gasteiger partial charge in [0.25, 0.3) is 0 Å². The molecule has 2 N–H and O–H groups in total. The van der Waals surface area contributed by atoms with Crippen LogP contribution in [0.4, 0.5) is 18.0 Å². The van der Waals surface area contributed by atoms with E-state index in [-0.39, 0.29) is 0 Å². The first-order valence-electron chi connectivity index (χ1n) is 6.62. The number of hydrogen-bond acceptors (Lipinski definition) is 1. The second kappa shape index (κ2) is 5.73. The number of aryl methyl sites for hydroxylation is 2. The molecule has 0 radical (unpaired) electrons. The third-order valence-corrected chi connectivity index (χ3v) is 3.48. The van der Waals surface area contributed by atoms with Crippen LogP contribution >= 0.6 is 0 Å². The SMILES string of the molecule is CC(NC(=O)NC(F)(F)F)c1ccc2c(c1)CCCC2. The molecule has 6 heteroatoms. The molecular formula is C14H17F3N2O. The maximum absolute atomic E-state index is 12.0. The van der Waals surface area contributed by atoms with Crippen LogP contribution < -0.4 is 10.6 Å². The van der Waals surface area contributed by atoms with Gasteiger partial charge in [-0.15, -0.1) is 0 Å². The fourth-order valence-corrected chi connectivity index (χ4v) is 2.47. The van der Waals surface area contributed by atoms with Crippen molar-refractivity contribution in [3.05, 3.63) is 34.9 Å². The predicted molar refractivity (Wildman–Crippen MR) is 69.2 cm³/mol. The Morgan fingerprint density at radius 1 is 1.20 bits per heavy atom. The quantitative estimate of drug-likeness (QED) is 0.803. The van der Waals surface area contributed by atoms with Crippen LogP contribution in [0.3, 0.4) is 0 Å². The molecule has 0 saturated heterocycles. The summed E-state index contributed by atoms with van der Waals surface area (Å²) in [5, 5.41) is 3.22. The van der Waals surface area contributed by atoms with Crippen LogP contribution in [0.2, 0.25) is 0 Å². The van der Waals surface area contributed by atoms with Gasteiger partial charge in [0.15, 0.2) is 0 Å². The lowest BCUT2D eigenvalue weighted by atomic mass is 9.89. The Morgan fingerprint density at radius 2 is 1.85 bits per heavy atom. The van der Waals surface area contributed by atoms with Gasteiger partial charge in [0.2, 0.25) is 0 Å². The van der Waals surface area contributed by atoms with E-state index >= 15 is 0 Å². The number of halogens is 3. The number of rotatable bonds is 2. The summed E-state index contributed by atoms with van der Waals surface area (Å²) in [5.41, 5.74) is 3.36. The fraction of sp³-hybridized carbons (Fsp3) is 0.500. The maximum Gasteiger partial charge on any atom is 0.485 e. The summed E-state index contributed by atoms with van der Waals surface area (Å²) in [6, 6.07) is 4.15. The number of benzene rings is 1. The summed E-state index contributed by atoms with van der Waals surface area (Å²) >= 11 is 0. The molecule has 1 aliphatic carbocycles. The highest BCUT2D eigenvalue weighted by Crippen LogP contribution is 2.24. The lowest BCUT2D eigenvalue weighted by Gasteiger charge is -2.20. The number of amides is 2. The molecule has 20 heavy (non-hydrogen) atoms. The predicted octanol–water partition coefficient (Wildman–Crippen LogP) is 3.45. The van der Waals surface area contributed by atoms with E-state index in [0.717, 1.165) is 30.1 Å². The Bertz CT molecular complexity index is 500. The minimum atomic E-state index is -4.71. The molecule has 1 aliphatic rings. The molecule has 1 aromatic rings. The molecule has 1 atom stereocenters. The summed E-state index contributed by atoms with van der Waals surface area (Å²) in [6.07, 6.45) is -0.364. The van der Waals surface area contributed by atoms with Crippen molar-refractivity contribution in [2.45, 2.75) is 44.9 Å². The molecule has 0 saturated carbocycles. The van der Waals surface area contributed by atoms with E-state index in [9.17, 15) is 18.0 Å². The number of nitrogens with one attached hydrogen (secondary N) is 2. The number of urea groups is 1. The van der Waals surface area contributed by atoms with Gasteiger partial charge in [0, 0.05) is 0 Å². The van der Waals surface area contributed by atoms with Crippen molar-refractivity contribution in [2.24, 2.45) is 0 Å². The first kappa shape index (κ1) is 14.7. The minimum absolute atomic E-state index is 0.468. The van der Waals surface area contributed by atoms with Gasteiger partial charge in [-0.1, -0.05) is 18.2 Å². The summed E-state index contributed by atoms with van der Waals surface area (Å²) in [4.78, 5) is 11.2. The highest BCUT2D eigenvalue weighted by atomic mass is 19.4. The van der Waals surface area contributed by atoms with Crippen molar-refractivity contribution in [3.8, 4) is 0 Å². The first-order valence-corrected chi connectivity index (χ1v) is 6.62.